The fourth-order valence-electron chi connectivity index (χ4n) is 2.78. The van der Waals surface area contributed by atoms with Crippen LogP contribution in [-0.4, -0.2) is 28.6 Å². The number of fused-ring (bicyclic) bond motifs is 2. The van der Waals surface area contributed by atoms with Gasteiger partial charge in [-0.1, -0.05) is 17.7 Å². The standard InChI is InChI=1S/C19H15ClN2O5/c1-11-2-3-16-21-13(8-17(23)22(16)9-11)10-27-19(24)12-6-14(20)18-15(7-12)25-4-5-26-18/h2-3,6-9H,4-5,10H2,1H3. The van der Waals surface area contributed by atoms with Gasteiger partial charge in [-0.3, -0.25) is 9.20 Å². The minimum absolute atomic E-state index is 0.134. The predicted octanol–water partition coefficient (Wildman–Crippen LogP) is 2.78. The van der Waals surface area contributed by atoms with Crippen LogP contribution in [0.5, 0.6) is 11.5 Å². The van der Waals surface area contributed by atoms with E-state index >= 15 is 0 Å². The maximum Gasteiger partial charge on any atom is 0.338 e. The summed E-state index contributed by atoms with van der Waals surface area (Å²) in [4.78, 5) is 28.9. The Bertz CT molecular complexity index is 1110. The number of hydrogen-bond donors (Lipinski definition) is 0. The van der Waals surface area contributed by atoms with Crippen molar-refractivity contribution in [2.24, 2.45) is 0 Å². The third-order valence-electron chi connectivity index (χ3n) is 4.04. The van der Waals surface area contributed by atoms with Crippen LogP contribution >= 0.6 is 11.6 Å². The average molecular weight is 387 g/mol. The molecule has 0 bridgehead atoms. The molecule has 0 atom stereocenters. The highest BCUT2D eigenvalue weighted by Gasteiger charge is 2.20. The van der Waals surface area contributed by atoms with Gasteiger partial charge in [-0.15, -0.1) is 0 Å². The van der Waals surface area contributed by atoms with Crippen molar-refractivity contribution in [3.63, 3.8) is 0 Å². The molecule has 0 unspecified atom stereocenters. The first-order valence-electron chi connectivity index (χ1n) is 8.26. The van der Waals surface area contributed by atoms with Gasteiger partial charge in [0.25, 0.3) is 5.56 Å². The van der Waals surface area contributed by atoms with Gasteiger partial charge < -0.3 is 14.2 Å². The second-order valence-electron chi connectivity index (χ2n) is 6.08. The Labute approximate surface area is 159 Å². The molecule has 0 aliphatic carbocycles. The van der Waals surface area contributed by atoms with Crippen LogP contribution in [0, 0.1) is 6.92 Å². The van der Waals surface area contributed by atoms with Crippen molar-refractivity contribution in [1.29, 1.82) is 0 Å². The van der Waals surface area contributed by atoms with Crippen molar-refractivity contribution in [2.75, 3.05) is 13.2 Å². The van der Waals surface area contributed by atoms with Gasteiger partial charge >= 0.3 is 5.97 Å². The molecule has 7 nitrogen and oxygen atoms in total. The molecule has 0 radical (unpaired) electrons. The van der Waals surface area contributed by atoms with Crippen molar-refractivity contribution in [3.05, 3.63) is 68.7 Å². The highest BCUT2D eigenvalue weighted by molar-refractivity contribution is 6.32. The predicted molar refractivity (Wildman–Crippen MR) is 97.8 cm³/mol. The van der Waals surface area contributed by atoms with E-state index in [4.69, 9.17) is 25.8 Å². The molecule has 3 aromatic rings. The molecular weight excluding hydrogens is 372 g/mol. The highest BCUT2D eigenvalue weighted by atomic mass is 35.5. The van der Waals surface area contributed by atoms with E-state index in [1.165, 1.54) is 22.6 Å². The summed E-state index contributed by atoms with van der Waals surface area (Å²) >= 11 is 6.14. The zero-order chi connectivity index (χ0) is 19.0. The Balaban J connectivity index is 1.54. The largest absolute Gasteiger partial charge is 0.486 e. The van der Waals surface area contributed by atoms with E-state index in [1.807, 2.05) is 13.0 Å². The number of nitrogens with zero attached hydrogens (tertiary/aromatic N) is 2. The number of benzene rings is 1. The fraction of sp³-hybridized carbons (Fsp3) is 0.211. The van der Waals surface area contributed by atoms with Crippen LogP contribution < -0.4 is 15.0 Å². The molecule has 0 N–H and O–H groups in total. The lowest BCUT2D eigenvalue weighted by Crippen LogP contribution is -2.18. The van der Waals surface area contributed by atoms with Crippen LogP contribution in [0.2, 0.25) is 5.02 Å². The molecule has 27 heavy (non-hydrogen) atoms. The molecule has 4 rings (SSSR count). The van der Waals surface area contributed by atoms with E-state index in [-0.39, 0.29) is 22.8 Å². The Hall–Kier alpha value is -3.06. The van der Waals surface area contributed by atoms with Crippen LogP contribution in [0.25, 0.3) is 5.65 Å². The van der Waals surface area contributed by atoms with E-state index in [0.717, 1.165) is 5.56 Å². The van der Waals surface area contributed by atoms with Gasteiger partial charge in [0.15, 0.2) is 11.5 Å². The number of esters is 1. The lowest BCUT2D eigenvalue weighted by atomic mass is 10.2. The summed E-state index contributed by atoms with van der Waals surface area (Å²) in [5.74, 6) is 0.219. The van der Waals surface area contributed by atoms with E-state index in [0.29, 0.717) is 36.1 Å². The summed E-state index contributed by atoms with van der Waals surface area (Å²) in [6, 6.07) is 7.92. The molecule has 138 valence electrons. The summed E-state index contributed by atoms with van der Waals surface area (Å²) < 4.78 is 17.6. The van der Waals surface area contributed by atoms with Crippen LogP contribution in [0.4, 0.5) is 0 Å². The number of halogens is 1. The topological polar surface area (TPSA) is 79.1 Å². The number of aromatic nitrogens is 2. The molecule has 2 aromatic heterocycles. The zero-order valence-corrected chi connectivity index (χ0v) is 15.2. The number of aryl methyl sites for hydroxylation is 1. The van der Waals surface area contributed by atoms with Gasteiger partial charge in [-0.2, -0.15) is 0 Å². The third-order valence-corrected chi connectivity index (χ3v) is 4.32. The molecule has 8 heteroatoms. The molecule has 0 saturated heterocycles. The summed E-state index contributed by atoms with van der Waals surface area (Å²) in [6.45, 7) is 2.54. The first kappa shape index (κ1) is 17.4. The van der Waals surface area contributed by atoms with Crippen molar-refractivity contribution < 1.29 is 19.0 Å². The van der Waals surface area contributed by atoms with Crippen LogP contribution in [-0.2, 0) is 11.3 Å². The summed E-state index contributed by atoms with van der Waals surface area (Å²) in [5.41, 5.74) is 1.79. The maximum absolute atomic E-state index is 12.4. The highest BCUT2D eigenvalue weighted by Crippen LogP contribution is 2.38. The normalized spacial score (nSPS) is 12.8. The quantitative estimate of drug-likeness (QED) is 0.644. The minimum atomic E-state index is -0.597. The van der Waals surface area contributed by atoms with Crippen LogP contribution in [0.3, 0.4) is 0 Å². The Morgan fingerprint density at radius 2 is 2.07 bits per heavy atom. The molecule has 0 fully saturated rings. The summed E-state index contributed by atoms with van der Waals surface area (Å²) in [7, 11) is 0. The molecule has 0 amide bonds. The summed E-state index contributed by atoms with van der Waals surface area (Å²) in [6.07, 6.45) is 1.71. The van der Waals surface area contributed by atoms with Crippen molar-refractivity contribution in [1.82, 2.24) is 9.38 Å². The van der Waals surface area contributed by atoms with Crippen molar-refractivity contribution >= 4 is 23.2 Å². The lowest BCUT2D eigenvalue weighted by Gasteiger charge is -2.19. The van der Waals surface area contributed by atoms with Gasteiger partial charge in [-0.25, -0.2) is 9.78 Å². The number of pyridine rings is 1. The maximum atomic E-state index is 12.4. The van der Waals surface area contributed by atoms with E-state index in [2.05, 4.69) is 4.98 Å². The van der Waals surface area contributed by atoms with Crippen molar-refractivity contribution in [2.45, 2.75) is 13.5 Å². The van der Waals surface area contributed by atoms with Gasteiger partial charge in [0.2, 0.25) is 0 Å². The van der Waals surface area contributed by atoms with Gasteiger partial charge in [-0.05, 0) is 30.7 Å². The minimum Gasteiger partial charge on any atom is -0.486 e. The Kier molecular flexibility index (Phi) is 4.45. The number of ether oxygens (including phenoxy) is 3. The number of carbonyl (C=O) groups is 1. The molecule has 3 heterocycles. The fourth-order valence-corrected chi connectivity index (χ4v) is 3.05. The van der Waals surface area contributed by atoms with Gasteiger partial charge in [0, 0.05) is 12.3 Å². The van der Waals surface area contributed by atoms with E-state index in [1.54, 1.807) is 12.3 Å². The van der Waals surface area contributed by atoms with Crippen LogP contribution in [0.1, 0.15) is 21.6 Å². The molecule has 1 aliphatic heterocycles. The molecule has 1 aliphatic rings. The second kappa shape index (κ2) is 6.92. The second-order valence-corrected chi connectivity index (χ2v) is 6.49. The smallest absolute Gasteiger partial charge is 0.338 e. The number of hydrogen-bond acceptors (Lipinski definition) is 6. The Morgan fingerprint density at radius 3 is 2.93 bits per heavy atom. The van der Waals surface area contributed by atoms with Gasteiger partial charge in [0.05, 0.1) is 16.3 Å². The number of carbonyl (C=O) groups excluding carboxylic acids is 1. The molecule has 0 spiro atoms. The van der Waals surface area contributed by atoms with E-state index < -0.39 is 5.97 Å². The van der Waals surface area contributed by atoms with E-state index in [9.17, 15) is 9.59 Å². The first-order valence-corrected chi connectivity index (χ1v) is 8.64. The third kappa shape index (κ3) is 3.46. The van der Waals surface area contributed by atoms with Crippen molar-refractivity contribution in [3.8, 4) is 11.5 Å². The zero-order valence-electron chi connectivity index (χ0n) is 14.4. The SMILES string of the molecule is Cc1ccc2nc(COC(=O)c3cc(Cl)c4c(c3)OCCO4)cc(=O)n2c1. The monoisotopic (exact) mass is 386 g/mol. The molecule has 0 saturated carbocycles. The van der Waals surface area contributed by atoms with Crippen LogP contribution in [0.15, 0.2) is 41.3 Å². The summed E-state index contributed by atoms with van der Waals surface area (Å²) in [5, 5.41) is 0.275. The first-order chi connectivity index (χ1) is 13.0. The molecule has 1 aromatic carbocycles. The molecular formula is C19H15ClN2O5. The number of rotatable bonds is 3. The lowest BCUT2D eigenvalue weighted by molar-refractivity contribution is 0.0466. The van der Waals surface area contributed by atoms with Gasteiger partial charge in [0.1, 0.15) is 25.5 Å². The average Bonchev–Trinajstić information content (AvgIpc) is 2.66. The Morgan fingerprint density at radius 1 is 1.26 bits per heavy atom.